The lowest BCUT2D eigenvalue weighted by Crippen LogP contribution is -2.41. The third-order valence-corrected chi connectivity index (χ3v) is 4.30. The molecule has 11 heavy (non-hydrogen) atoms. The van der Waals surface area contributed by atoms with Crippen LogP contribution in [0.4, 0.5) is 0 Å². The van der Waals surface area contributed by atoms with E-state index in [0.29, 0.717) is 0 Å². The van der Waals surface area contributed by atoms with Crippen LogP contribution in [0.5, 0.6) is 0 Å². The molecule has 2 fully saturated rings. The molecule has 1 unspecified atom stereocenters. The zero-order valence-electron chi connectivity index (χ0n) is 6.11. The molecule has 2 aliphatic heterocycles. The van der Waals surface area contributed by atoms with Crippen molar-refractivity contribution in [2.75, 3.05) is 13.2 Å². The summed E-state index contributed by atoms with van der Waals surface area (Å²) in [5.41, 5.74) is 0. The van der Waals surface area contributed by atoms with Gasteiger partial charge in [-0.1, -0.05) is 31.9 Å². The Morgan fingerprint density at radius 1 is 1.00 bits per heavy atom. The Morgan fingerprint density at radius 3 is 2.18 bits per heavy atom. The lowest BCUT2D eigenvalue weighted by molar-refractivity contribution is -0.178. The smallest absolute Gasteiger partial charge is 0.193 e. The zero-order valence-corrected chi connectivity index (χ0v) is 9.28. The van der Waals surface area contributed by atoms with E-state index in [1.165, 1.54) is 0 Å². The molecule has 0 N–H and O–H groups in total. The molecule has 0 radical (unpaired) electrons. The van der Waals surface area contributed by atoms with E-state index in [4.69, 9.17) is 9.47 Å². The zero-order chi connectivity index (χ0) is 7.95. The van der Waals surface area contributed by atoms with Crippen LogP contribution in [0.1, 0.15) is 19.3 Å². The van der Waals surface area contributed by atoms with Gasteiger partial charge in [-0.3, -0.25) is 0 Å². The van der Waals surface area contributed by atoms with Gasteiger partial charge in [0.2, 0.25) is 0 Å². The molecule has 2 saturated heterocycles. The van der Waals surface area contributed by atoms with Gasteiger partial charge in [-0.25, -0.2) is 0 Å². The predicted molar refractivity (Wildman–Crippen MR) is 49.1 cm³/mol. The standard InChI is InChI=1S/C7H10Br2O2/c8-6(9)3-5-11-7(6)2-1-4-10-7/h1-5H2. The Balaban J connectivity index is 2.22. The van der Waals surface area contributed by atoms with E-state index in [9.17, 15) is 0 Å². The van der Waals surface area contributed by atoms with E-state index in [1.54, 1.807) is 0 Å². The normalized spacial score (nSPS) is 42.0. The molecule has 0 bridgehead atoms. The molecule has 1 atom stereocenters. The Hall–Kier alpha value is 0.880. The first-order valence-corrected chi connectivity index (χ1v) is 5.41. The number of rotatable bonds is 0. The van der Waals surface area contributed by atoms with Crippen molar-refractivity contribution in [2.45, 2.75) is 28.3 Å². The van der Waals surface area contributed by atoms with Crippen LogP contribution in [0.2, 0.25) is 0 Å². The van der Waals surface area contributed by atoms with Crippen LogP contribution < -0.4 is 0 Å². The van der Waals surface area contributed by atoms with Crippen LogP contribution >= 0.6 is 31.9 Å². The van der Waals surface area contributed by atoms with E-state index < -0.39 is 0 Å². The summed E-state index contributed by atoms with van der Waals surface area (Å²) in [5, 5.41) is 0. The molecule has 0 aliphatic carbocycles. The van der Waals surface area contributed by atoms with Crippen molar-refractivity contribution in [1.82, 2.24) is 0 Å². The van der Waals surface area contributed by atoms with E-state index in [-0.39, 0.29) is 9.02 Å². The van der Waals surface area contributed by atoms with Gasteiger partial charge in [-0.2, -0.15) is 0 Å². The van der Waals surface area contributed by atoms with Crippen LogP contribution in [0, 0.1) is 0 Å². The molecular weight excluding hydrogens is 276 g/mol. The molecule has 64 valence electrons. The Bertz CT molecular complexity index is 158. The van der Waals surface area contributed by atoms with Crippen LogP contribution in [-0.2, 0) is 9.47 Å². The topological polar surface area (TPSA) is 18.5 Å². The SMILES string of the molecule is BrC1(Br)CCOC12CCCO2. The second-order valence-corrected chi connectivity index (χ2v) is 6.78. The molecule has 0 aromatic rings. The fourth-order valence-corrected chi connectivity index (χ4v) is 2.83. The van der Waals surface area contributed by atoms with Crippen molar-refractivity contribution >= 4 is 31.9 Å². The van der Waals surface area contributed by atoms with Crippen molar-refractivity contribution in [1.29, 1.82) is 0 Å². The Kier molecular flexibility index (Phi) is 2.07. The first-order valence-electron chi connectivity index (χ1n) is 3.82. The highest BCUT2D eigenvalue weighted by molar-refractivity contribution is 9.25. The summed E-state index contributed by atoms with van der Waals surface area (Å²) in [6.07, 6.45) is 3.05. The minimum Gasteiger partial charge on any atom is -0.348 e. The molecule has 0 amide bonds. The summed E-state index contributed by atoms with van der Waals surface area (Å²) in [7, 11) is 0. The molecule has 0 aromatic carbocycles. The Labute approximate surface area is 82.9 Å². The summed E-state index contributed by atoms with van der Waals surface area (Å²) < 4.78 is 11.1. The van der Waals surface area contributed by atoms with Gasteiger partial charge < -0.3 is 9.47 Å². The summed E-state index contributed by atoms with van der Waals surface area (Å²) in [6.45, 7) is 1.59. The lowest BCUT2D eigenvalue weighted by atomic mass is 10.1. The van der Waals surface area contributed by atoms with Gasteiger partial charge in [0.15, 0.2) is 5.79 Å². The number of ether oxygens (including phenoxy) is 2. The van der Waals surface area contributed by atoms with Gasteiger partial charge in [0.1, 0.15) is 3.23 Å². The number of alkyl halides is 2. The highest BCUT2D eigenvalue weighted by Gasteiger charge is 2.56. The molecule has 1 spiro atoms. The molecule has 0 saturated carbocycles. The summed E-state index contributed by atoms with van der Waals surface area (Å²) in [5.74, 6) is -0.382. The van der Waals surface area contributed by atoms with Crippen LogP contribution in [0.25, 0.3) is 0 Å². The second-order valence-electron chi connectivity index (χ2n) is 3.01. The van der Waals surface area contributed by atoms with Gasteiger partial charge in [0.05, 0.1) is 13.2 Å². The van der Waals surface area contributed by atoms with Crippen molar-refractivity contribution in [3.05, 3.63) is 0 Å². The van der Waals surface area contributed by atoms with Crippen LogP contribution in [0.3, 0.4) is 0 Å². The van der Waals surface area contributed by atoms with Crippen LogP contribution in [-0.4, -0.2) is 22.2 Å². The molecule has 2 aliphatic rings. The maximum atomic E-state index is 5.60. The number of hydrogen-bond acceptors (Lipinski definition) is 2. The second kappa shape index (κ2) is 2.69. The van der Waals surface area contributed by atoms with Crippen molar-refractivity contribution < 1.29 is 9.47 Å². The van der Waals surface area contributed by atoms with E-state index in [2.05, 4.69) is 31.9 Å². The maximum absolute atomic E-state index is 5.60. The molecular formula is C7H10Br2O2. The van der Waals surface area contributed by atoms with Crippen molar-refractivity contribution in [2.24, 2.45) is 0 Å². The third kappa shape index (κ3) is 1.19. The highest BCUT2D eigenvalue weighted by atomic mass is 79.9. The van der Waals surface area contributed by atoms with E-state index >= 15 is 0 Å². The summed E-state index contributed by atoms with van der Waals surface area (Å²) in [4.78, 5) is 0. The van der Waals surface area contributed by atoms with Crippen molar-refractivity contribution in [3.63, 3.8) is 0 Å². The predicted octanol–water partition coefficient (Wildman–Crippen LogP) is 2.40. The van der Waals surface area contributed by atoms with E-state index in [0.717, 1.165) is 32.5 Å². The molecule has 0 aromatic heterocycles. The monoisotopic (exact) mass is 284 g/mol. The average molecular weight is 286 g/mol. The molecule has 2 rings (SSSR count). The average Bonchev–Trinajstić information content (AvgIpc) is 2.45. The number of halogens is 2. The highest BCUT2D eigenvalue weighted by Crippen LogP contribution is 2.52. The minimum atomic E-state index is -0.382. The molecule has 2 heterocycles. The molecule has 4 heteroatoms. The van der Waals surface area contributed by atoms with Crippen molar-refractivity contribution in [3.8, 4) is 0 Å². The Morgan fingerprint density at radius 2 is 1.73 bits per heavy atom. The van der Waals surface area contributed by atoms with Gasteiger partial charge in [-0.05, 0) is 6.42 Å². The minimum absolute atomic E-state index is 0.149. The summed E-state index contributed by atoms with van der Waals surface area (Å²) in [6, 6.07) is 0. The third-order valence-electron chi connectivity index (χ3n) is 2.29. The fourth-order valence-electron chi connectivity index (χ4n) is 1.66. The number of hydrogen-bond donors (Lipinski definition) is 0. The lowest BCUT2D eigenvalue weighted by Gasteiger charge is -2.31. The fraction of sp³-hybridized carbons (Fsp3) is 1.00. The maximum Gasteiger partial charge on any atom is 0.193 e. The van der Waals surface area contributed by atoms with Gasteiger partial charge in [0, 0.05) is 12.8 Å². The van der Waals surface area contributed by atoms with Gasteiger partial charge >= 0.3 is 0 Å². The van der Waals surface area contributed by atoms with Crippen LogP contribution in [0.15, 0.2) is 0 Å². The van der Waals surface area contributed by atoms with Gasteiger partial charge in [0.25, 0.3) is 0 Å². The largest absolute Gasteiger partial charge is 0.348 e. The first kappa shape index (κ1) is 8.48. The van der Waals surface area contributed by atoms with E-state index in [1.807, 2.05) is 0 Å². The van der Waals surface area contributed by atoms with Gasteiger partial charge in [-0.15, -0.1) is 0 Å². The quantitative estimate of drug-likeness (QED) is 0.637. The first-order chi connectivity index (χ1) is 5.16. The molecule has 2 nitrogen and oxygen atoms in total. The summed E-state index contributed by atoms with van der Waals surface area (Å²) >= 11 is 7.19.